The van der Waals surface area contributed by atoms with Gasteiger partial charge < -0.3 is 87.7 Å². The van der Waals surface area contributed by atoms with Gasteiger partial charge in [-0.1, -0.05) is 93.7 Å². The van der Waals surface area contributed by atoms with E-state index in [-0.39, 0.29) is 44.1 Å². The number of carboxylic acids is 1. The van der Waals surface area contributed by atoms with Gasteiger partial charge in [-0.25, -0.2) is 4.79 Å². The van der Waals surface area contributed by atoms with E-state index in [0.29, 0.717) is 19.3 Å². The highest BCUT2D eigenvalue weighted by atomic mass is 16.7. The smallest absolute Gasteiger partial charge is 0.328 e. The highest BCUT2D eigenvalue weighted by Gasteiger charge is 2.55. The van der Waals surface area contributed by atoms with Crippen LogP contribution in [0.25, 0.3) is 0 Å². The normalized spacial score (nSPS) is 38.6. The van der Waals surface area contributed by atoms with Gasteiger partial charge in [-0.3, -0.25) is 4.79 Å². The molecule has 5 fully saturated rings. The number of aliphatic hydroxyl groups is 4. The van der Waals surface area contributed by atoms with Crippen LogP contribution in [0.4, 0.5) is 0 Å². The molecule has 5 rings (SSSR count). The van der Waals surface area contributed by atoms with E-state index in [4.69, 9.17) is 61.9 Å². The Morgan fingerprint density at radius 3 is 1.95 bits per heavy atom. The molecule has 5 unspecified atom stereocenters. The minimum absolute atomic E-state index is 0.0694. The first-order valence-electron chi connectivity index (χ1n) is 26.9. The topological polar surface area (TPSA) is 258 Å². The van der Waals surface area contributed by atoms with E-state index >= 15 is 0 Å². The second-order valence-electron chi connectivity index (χ2n) is 21.3. The van der Waals surface area contributed by atoms with Gasteiger partial charge in [0, 0.05) is 84.5 Å². The molecule has 0 aromatic heterocycles. The molecule has 0 aromatic carbocycles. The van der Waals surface area contributed by atoms with Crippen molar-refractivity contribution in [3.63, 3.8) is 0 Å². The number of hydrogen-bond acceptors (Lipinski definition) is 18. The van der Waals surface area contributed by atoms with Crippen LogP contribution in [-0.4, -0.2) is 195 Å². The van der Waals surface area contributed by atoms with E-state index < -0.39 is 127 Å². The van der Waals surface area contributed by atoms with Crippen molar-refractivity contribution in [3.05, 3.63) is 84.6 Å². The van der Waals surface area contributed by atoms with Crippen molar-refractivity contribution >= 4 is 11.9 Å². The molecule has 20 nitrogen and oxygen atoms in total. The molecule has 5 aliphatic rings. The molecule has 0 aliphatic carbocycles. The first-order valence-corrected chi connectivity index (χ1v) is 26.9. The lowest BCUT2D eigenvalue weighted by Gasteiger charge is -2.50. The van der Waals surface area contributed by atoms with Gasteiger partial charge in [0.2, 0.25) is 5.91 Å². The third kappa shape index (κ3) is 17.5. The predicted molar refractivity (Wildman–Crippen MR) is 283 cm³/mol. The second-order valence-corrected chi connectivity index (χ2v) is 21.3. The van der Waals surface area contributed by atoms with Gasteiger partial charge in [0.1, 0.15) is 30.3 Å². The Labute approximate surface area is 455 Å². The van der Waals surface area contributed by atoms with Crippen molar-refractivity contribution in [1.82, 2.24) is 5.32 Å². The summed E-state index contributed by atoms with van der Waals surface area (Å²) in [6.45, 7) is 14.7. The van der Waals surface area contributed by atoms with Gasteiger partial charge in [-0.05, 0) is 40.2 Å². The summed E-state index contributed by atoms with van der Waals surface area (Å²) < 4.78 is 73.9. The zero-order chi connectivity index (χ0) is 56.6. The first kappa shape index (κ1) is 64.3. The lowest BCUT2D eigenvalue weighted by molar-refractivity contribution is -0.341. The molecular formula is C57H89NO19. The fraction of sp³-hybridized carbons (Fsp3) is 0.719. The fourth-order valence-corrected chi connectivity index (χ4v) is 10.6. The number of carbonyl (C=O) groups excluding carboxylic acids is 1. The lowest BCUT2D eigenvalue weighted by Crippen LogP contribution is -2.62. The van der Waals surface area contributed by atoms with Crippen molar-refractivity contribution in [2.75, 3.05) is 41.6 Å². The zero-order valence-electron chi connectivity index (χ0n) is 47.0. The van der Waals surface area contributed by atoms with E-state index in [0.717, 1.165) is 11.6 Å². The number of allylic oxidation sites excluding steroid dienone is 9. The number of nitrogens with one attached hydrogen (secondary N) is 1. The van der Waals surface area contributed by atoms with Gasteiger partial charge >= 0.3 is 5.97 Å². The van der Waals surface area contributed by atoms with Crippen LogP contribution in [-0.2, 0) is 66.4 Å². The summed E-state index contributed by atoms with van der Waals surface area (Å²) in [7, 11) is 6.32. The van der Waals surface area contributed by atoms with Crippen LogP contribution in [0.5, 0.6) is 0 Å². The van der Waals surface area contributed by atoms with Crippen LogP contribution in [0, 0.1) is 17.3 Å². The molecule has 20 heteroatoms. The average Bonchev–Trinajstić information content (AvgIpc) is 3.78. The van der Waals surface area contributed by atoms with Crippen LogP contribution in [0.15, 0.2) is 84.6 Å². The Hall–Kier alpha value is -3.52. The molecule has 0 aromatic rings. The molecule has 6 N–H and O–H groups in total. The standard InChI is InChI=1S/C57H89NO19/c1-13-14-17-24-46-56(7,8)45(60)31-57(65,77-46)38(55(64)58-26-21-20-22-33(2)52(69-12)34(3)41-27-39(59)40(74-41)23-18-15-16-19-25-47(61)62)32-70-48-29-43(67-10)53(36(5)72-48)76-50-30-44(68-11)54(37(6)73-50)75-49-28-42(66-9)51(63)35(4)71-49/h13-25,34-46,48-54,59-60,63,65H,26-32H2,1-12H3,(H,58,64)(H,61,62)/b14-13-,16-15+,21-20+,23-18+,24-17+,25-19+,33-22+/t34?,35-,36-,37-,38+,39?,40?,41?,42-,43-,44+,45-,46-,48+,49-,50+,51+,52?,53+,54-,57-/m0/s1. The van der Waals surface area contributed by atoms with Gasteiger partial charge in [0.25, 0.3) is 0 Å². The molecule has 21 atom stereocenters. The van der Waals surface area contributed by atoms with Crippen molar-refractivity contribution in [2.45, 2.75) is 204 Å². The molecule has 1 amide bonds. The van der Waals surface area contributed by atoms with E-state index in [9.17, 15) is 30.0 Å². The van der Waals surface area contributed by atoms with E-state index in [2.05, 4.69) is 5.32 Å². The van der Waals surface area contributed by atoms with Crippen molar-refractivity contribution in [3.8, 4) is 0 Å². The second kappa shape index (κ2) is 30.3. The Kier molecular flexibility index (Phi) is 25.3. The average molecular weight is 1090 g/mol. The van der Waals surface area contributed by atoms with Crippen LogP contribution < -0.4 is 5.32 Å². The zero-order valence-corrected chi connectivity index (χ0v) is 47.0. The molecular weight excluding hydrogens is 1000 g/mol. The molecule has 0 bridgehead atoms. The van der Waals surface area contributed by atoms with Crippen molar-refractivity contribution in [2.24, 2.45) is 17.3 Å². The SMILES string of the molecule is C/C=C\C=C\[C@@H]1O[C@](O)([C@H](CO[C@H]2C[C@H](OC)[C@H](O[C@@H]3C[C@@H](OC)[C@@H](O[C@H]4C[C@H](OC)[C@H](O)[C@H](C)O4)[C@H](C)O3)[C@H](C)O2)C(=O)NC/C=C/C=C(\C)C(OC)C(C)C2CC(O)C(/C=C/C=C/C=C/C(=O)O)O2)C[C@H](O)C1(C)C. The summed E-state index contributed by atoms with van der Waals surface area (Å²) in [5.41, 5.74) is 0.0597. The van der Waals surface area contributed by atoms with Crippen molar-refractivity contribution in [1.29, 1.82) is 0 Å². The maximum atomic E-state index is 14.3. The molecule has 0 spiro atoms. The van der Waals surface area contributed by atoms with Crippen LogP contribution in [0.2, 0.25) is 0 Å². The number of carbonyl (C=O) groups is 2. The number of methoxy groups -OCH3 is 4. The Bertz CT molecular complexity index is 2060. The summed E-state index contributed by atoms with van der Waals surface area (Å²) in [6, 6.07) is 0. The number of aliphatic carboxylic acids is 1. The Morgan fingerprint density at radius 1 is 0.753 bits per heavy atom. The van der Waals surface area contributed by atoms with Gasteiger partial charge in [-0.15, -0.1) is 0 Å². The molecule has 0 radical (unpaired) electrons. The van der Waals surface area contributed by atoms with Crippen molar-refractivity contribution < 1.29 is 92.0 Å². The number of rotatable bonds is 25. The minimum atomic E-state index is -2.16. The monoisotopic (exact) mass is 1090 g/mol. The summed E-state index contributed by atoms with van der Waals surface area (Å²) in [5, 5.41) is 56.8. The summed E-state index contributed by atoms with van der Waals surface area (Å²) in [6.07, 6.45) is 11.8. The molecule has 0 saturated carbocycles. The van der Waals surface area contributed by atoms with Crippen LogP contribution in [0.3, 0.4) is 0 Å². The predicted octanol–water partition coefficient (Wildman–Crippen LogP) is 4.74. The van der Waals surface area contributed by atoms with E-state index in [1.165, 1.54) is 6.08 Å². The summed E-state index contributed by atoms with van der Waals surface area (Å²) >= 11 is 0. The number of aliphatic hydroxyl groups excluding tert-OH is 3. The van der Waals surface area contributed by atoms with Crippen LogP contribution in [0.1, 0.15) is 87.5 Å². The molecule has 5 heterocycles. The number of ether oxygens (including phenoxy) is 12. The van der Waals surface area contributed by atoms with Crippen LogP contribution >= 0.6 is 0 Å². The molecule has 5 aliphatic heterocycles. The maximum absolute atomic E-state index is 14.3. The largest absolute Gasteiger partial charge is 0.478 e. The van der Waals surface area contributed by atoms with E-state index in [1.807, 2.05) is 66.7 Å². The molecule has 436 valence electrons. The molecule has 5 saturated heterocycles. The third-order valence-electron chi connectivity index (χ3n) is 15.4. The number of hydrogen-bond donors (Lipinski definition) is 6. The van der Waals surface area contributed by atoms with Gasteiger partial charge in [0.05, 0.1) is 73.8 Å². The first-order chi connectivity index (χ1) is 36.6. The summed E-state index contributed by atoms with van der Waals surface area (Å²) in [4.78, 5) is 25.0. The van der Waals surface area contributed by atoms with E-state index in [1.54, 1.807) is 84.0 Å². The third-order valence-corrected chi connectivity index (χ3v) is 15.4. The van der Waals surface area contributed by atoms with Gasteiger partial charge in [-0.2, -0.15) is 0 Å². The quantitative estimate of drug-likeness (QED) is 0.0533. The van der Waals surface area contributed by atoms with Gasteiger partial charge in [0.15, 0.2) is 24.7 Å². The molecule has 77 heavy (non-hydrogen) atoms. The fourth-order valence-electron chi connectivity index (χ4n) is 10.6. The lowest BCUT2D eigenvalue weighted by atomic mass is 9.73. The highest BCUT2D eigenvalue weighted by Crippen LogP contribution is 2.44. The maximum Gasteiger partial charge on any atom is 0.328 e. The number of amides is 1. The number of carboxylic acid groups (broad SMARTS) is 1. The minimum Gasteiger partial charge on any atom is -0.478 e. The highest BCUT2D eigenvalue weighted by molar-refractivity contribution is 5.80. The Morgan fingerprint density at radius 2 is 1.34 bits per heavy atom. The Balaban J connectivity index is 1.23. The summed E-state index contributed by atoms with van der Waals surface area (Å²) in [5.74, 6) is -5.26.